The molecule has 0 radical (unpaired) electrons. The number of hydrogen-bond acceptors (Lipinski definition) is 5. The first-order valence-corrected chi connectivity index (χ1v) is 9.41. The highest BCUT2D eigenvalue weighted by molar-refractivity contribution is 7.92. The minimum atomic E-state index is -3.74. The maximum Gasteiger partial charge on any atom is 0.262 e. The molecular weight excluding hydrogens is 342 g/mol. The number of rotatable bonds is 5. The molecule has 2 aromatic rings. The summed E-state index contributed by atoms with van der Waals surface area (Å²) < 4.78 is 44.3. The van der Waals surface area contributed by atoms with Crippen LogP contribution in [0.2, 0.25) is 0 Å². The third-order valence-electron chi connectivity index (χ3n) is 4.06. The Kier molecular flexibility index (Phi) is 4.51. The molecule has 0 fully saturated rings. The Bertz CT molecular complexity index is 906. The fourth-order valence-electron chi connectivity index (χ4n) is 2.76. The number of hydrogen-bond donors (Lipinski definition) is 1. The van der Waals surface area contributed by atoms with Crippen LogP contribution in [-0.4, -0.2) is 22.3 Å². The summed E-state index contributed by atoms with van der Waals surface area (Å²) in [4.78, 5) is 0.231. The van der Waals surface area contributed by atoms with E-state index >= 15 is 0 Å². The van der Waals surface area contributed by atoms with Crippen LogP contribution in [0.5, 0.6) is 17.2 Å². The second-order valence-corrected chi connectivity index (χ2v) is 7.84. The van der Waals surface area contributed by atoms with Gasteiger partial charge >= 0.3 is 0 Å². The second kappa shape index (κ2) is 6.48. The summed E-state index contributed by atoms with van der Waals surface area (Å²) in [5, 5.41) is 0. The molecule has 1 N–H and O–H groups in total. The number of aryl methyl sites for hydroxylation is 1. The Labute approximate surface area is 147 Å². The lowest BCUT2D eigenvalue weighted by Gasteiger charge is -2.17. The lowest BCUT2D eigenvalue weighted by Crippen LogP contribution is -2.15. The van der Waals surface area contributed by atoms with E-state index in [1.165, 1.54) is 0 Å². The minimum Gasteiger partial charge on any atom is -0.496 e. The number of fused-ring (bicyclic) bond motifs is 1. The average Bonchev–Trinajstić information content (AvgIpc) is 3.01. The number of sulfonamides is 1. The molecule has 3 rings (SSSR count). The van der Waals surface area contributed by atoms with Gasteiger partial charge in [0.2, 0.25) is 6.79 Å². The Morgan fingerprint density at radius 2 is 1.84 bits per heavy atom. The summed E-state index contributed by atoms with van der Waals surface area (Å²) >= 11 is 0. The summed E-state index contributed by atoms with van der Waals surface area (Å²) in [5.41, 5.74) is 1.89. The van der Waals surface area contributed by atoms with Crippen LogP contribution in [0.3, 0.4) is 0 Å². The van der Waals surface area contributed by atoms with Crippen LogP contribution in [0.15, 0.2) is 35.2 Å². The molecule has 7 heteroatoms. The highest BCUT2D eigenvalue weighted by Crippen LogP contribution is 2.36. The molecule has 2 aromatic carbocycles. The van der Waals surface area contributed by atoms with E-state index < -0.39 is 10.0 Å². The molecule has 1 aliphatic rings. The standard InChI is InChI=1S/C18H21NO5S/c1-11(2)14-9-18(12(3)7-16(14)22-4)25(20,21)19-13-5-6-15-17(8-13)24-10-23-15/h5-9,11,19H,10H2,1-4H3. The van der Waals surface area contributed by atoms with Crippen molar-refractivity contribution in [3.8, 4) is 17.2 Å². The van der Waals surface area contributed by atoms with Crippen molar-refractivity contribution in [1.82, 2.24) is 0 Å². The van der Waals surface area contributed by atoms with Crippen molar-refractivity contribution in [2.45, 2.75) is 31.6 Å². The first-order valence-electron chi connectivity index (χ1n) is 7.93. The third kappa shape index (κ3) is 3.37. The number of benzene rings is 2. The van der Waals surface area contributed by atoms with Crippen molar-refractivity contribution in [1.29, 1.82) is 0 Å². The maximum absolute atomic E-state index is 12.9. The average molecular weight is 363 g/mol. The predicted molar refractivity (Wildman–Crippen MR) is 95.2 cm³/mol. The zero-order valence-corrected chi connectivity index (χ0v) is 15.4. The van der Waals surface area contributed by atoms with Gasteiger partial charge in [-0.3, -0.25) is 4.72 Å². The number of methoxy groups -OCH3 is 1. The molecule has 0 amide bonds. The van der Waals surface area contributed by atoms with Crippen molar-refractivity contribution in [2.75, 3.05) is 18.6 Å². The Hall–Kier alpha value is -2.41. The van der Waals surface area contributed by atoms with Gasteiger partial charge in [-0.15, -0.1) is 0 Å². The molecule has 0 bridgehead atoms. The summed E-state index contributed by atoms with van der Waals surface area (Å²) in [5.74, 6) is 1.95. The van der Waals surface area contributed by atoms with Gasteiger partial charge in [0, 0.05) is 6.07 Å². The van der Waals surface area contributed by atoms with E-state index in [0.29, 0.717) is 28.5 Å². The zero-order valence-electron chi connectivity index (χ0n) is 14.6. The quantitative estimate of drug-likeness (QED) is 0.878. The molecule has 0 saturated carbocycles. The van der Waals surface area contributed by atoms with E-state index in [4.69, 9.17) is 14.2 Å². The molecule has 0 aromatic heterocycles. The first-order chi connectivity index (χ1) is 11.8. The van der Waals surface area contributed by atoms with Gasteiger partial charge in [0.05, 0.1) is 17.7 Å². The summed E-state index contributed by atoms with van der Waals surface area (Å²) in [7, 11) is -2.16. The van der Waals surface area contributed by atoms with Crippen LogP contribution in [0.4, 0.5) is 5.69 Å². The smallest absolute Gasteiger partial charge is 0.262 e. The van der Waals surface area contributed by atoms with Gasteiger partial charge < -0.3 is 14.2 Å². The highest BCUT2D eigenvalue weighted by atomic mass is 32.2. The van der Waals surface area contributed by atoms with E-state index in [-0.39, 0.29) is 17.6 Å². The molecule has 0 aliphatic carbocycles. The SMILES string of the molecule is COc1cc(C)c(S(=O)(=O)Nc2ccc3c(c2)OCO3)cc1C(C)C. The van der Waals surface area contributed by atoms with Gasteiger partial charge in [0.1, 0.15) is 5.75 Å². The van der Waals surface area contributed by atoms with Crippen LogP contribution in [0.1, 0.15) is 30.9 Å². The molecule has 134 valence electrons. The number of ether oxygens (including phenoxy) is 3. The third-order valence-corrected chi connectivity index (χ3v) is 5.59. The summed E-state index contributed by atoms with van der Waals surface area (Å²) in [6, 6.07) is 8.37. The van der Waals surface area contributed by atoms with Crippen molar-refractivity contribution in [3.05, 3.63) is 41.5 Å². The minimum absolute atomic E-state index is 0.134. The summed E-state index contributed by atoms with van der Waals surface area (Å²) in [6.45, 7) is 5.88. The normalized spacial score (nSPS) is 13.2. The lowest BCUT2D eigenvalue weighted by molar-refractivity contribution is 0.174. The van der Waals surface area contributed by atoms with Gasteiger partial charge in [-0.05, 0) is 48.2 Å². The van der Waals surface area contributed by atoms with Crippen molar-refractivity contribution >= 4 is 15.7 Å². The van der Waals surface area contributed by atoms with Gasteiger partial charge in [-0.2, -0.15) is 0 Å². The lowest BCUT2D eigenvalue weighted by atomic mass is 10.0. The van der Waals surface area contributed by atoms with E-state index in [9.17, 15) is 8.42 Å². The largest absolute Gasteiger partial charge is 0.496 e. The Morgan fingerprint density at radius 1 is 1.12 bits per heavy atom. The molecule has 0 spiro atoms. The number of nitrogens with one attached hydrogen (secondary N) is 1. The molecule has 0 unspecified atom stereocenters. The van der Waals surface area contributed by atoms with E-state index in [2.05, 4.69) is 4.72 Å². The molecule has 1 heterocycles. The van der Waals surface area contributed by atoms with Gasteiger partial charge in [-0.1, -0.05) is 13.8 Å². The zero-order chi connectivity index (χ0) is 18.2. The van der Waals surface area contributed by atoms with Gasteiger partial charge in [0.15, 0.2) is 11.5 Å². The van der Waals surface area contributed by atoms with E-state index in [1.807, 2.05) is 13.8 Å². The fourth-order valence-corrected chi connectivity index (χ4v) is 4.08. The number of anilines is 1. The van der Waals surface area contributed by atoms with Crippen LogP contribution >= 0.6 is 0 Å². The Morgan fingerprint density at radius 3 is 2.52 bits per heavy atom. The fraction of sp³-hybridized carbons (Fsp3) is 0.333. The molecule has 25 heavy (non-hydrogen) atoms. The van der Waals surface area contributed by atoms with Gasteiger partial charge in [0.25, 0.3) is 10.0 Å². The van der Waals surface area contributed by atoms with Crippen LogP contribution < -0.4 is 18.9 Å². The maximum atomic E-state index is 12.9. The van der Waals surface area contributed by atoms with Crippen LogP contribution in [0.25, 0.3) is 0 Å². The topological polar surface area (TPSA) is 73.9 Å². The second-order valence-electron chi connectivity index (χ2n) is 6.19. The van der Waals surface area contributed by atoms with Crippen molar-refractivity contribution in [3.63, 3.8) is 0 Å². The monoisotopic (exact) mass is 363 g/mol. The molecular formula is C18H21NO5S. The first kappa shape index (κ1) is 17.4. The van der Waals surface area contributed by atoms with Crippen molar-refractivity contribution in [2.24, 2.45) is 0 Å². The molecule has 0 atom stereocenters. The van der Waals surface area contributed by atoms with Gasteiger partial charge in [-0.25, -0.2) is 8.42 Å². The van der Waals surface area contributed by atoms with Crippen molar-refractivity contribution < 1.29 is 22.6 Å². The Balaban J connectivity index is 1.98. The van der Waals surface area contributed by atoms with Crippen LogP contribution in [0, 0.1) is 6.92 Å². The predicted octanol–water partition coefficient (Wildman–Crippen LogP) is 3.66. The van der Waals surface area contributed by atoms with E-state index in [0.717, 1.165) is 5.56 Å². The molecule has 6 nitrogen and oxygen atoms in total. The van der Waals surface area contributed by atoms with Crippen LogP contribution in [-0.2, 0) is 10.0 Å². The molecule has 0 saturated heterocycles. The highest BCUT2D eigenvalue weighted by Gasteiger charge is 2.22. The van der Waals surface area contributed by atoms with E-state index in [1.54, 1.807) is 44.4 Å². The summed E-state index contributed by atoms with van der Waals surface area (Å²) in [6.07, 6.45) is 0. The molecule has 1 aliphatic heterocycles.